The molecule has 0 radical (unpaired) electrons. The Morgan fingerprint density at radius 2 is 1.94 bits per heavy atom. The standard InChI is InChI=1S/C23H22N2O5S/c1-23-11-12-24-15-21(23)29-20-9-7-17(13-19(20)23)30-31(26,27)18-8-10-22(25-14-18)28-16-5-3-2-4-6-16/h2-10,13-14,21,24H,11-12,15H2,1H3. The molecule has 160 valence electrons. The fourth-order valence-electron chi connectivity index (χ4n) is 4.07. The van der Waals surface area contributed by atoms with Gasteiger partial charge in [-0.2, -0.15) is 8.42 Å². The van der Waals surface area contributed by atoms with E-state index in [1.165, 1.54) is 18.3 Å². The summed E-state index contributed by atoms with van der Waals surface area (Å²) >= 11 is 0. The molecule has 0 spiro atoms. The number of rotatable bonds is 5. The third-order valence-corrected chi connectivity index (χ3v) is 7.10. The minimum absolute atomic E-state index is 0.0319. The summed E-state index contributed by atoms with van der Waals surface area (Å²) in [6, 6.07) is 17.2. The highest BCUT2D eigenvalue weighted by Gasteiger charge is 2.46. The van der Waals surface area contributed by atoms with E-state index >= 15 is 0 Å². The average Bonchev–Trinajstić information content (AvgIpc) is 3.06. The summed E-state index contributed by atoms with van der Waals surface area (Å²) in [5.74, 6) is 1.95. The van der Waals surface area contributed by atoms with Gasteiger partial charge in [0.1, 0.15) is 28.2 Å². The van der Waals surface area contributed by atoms with Crippen molar-refractivity contribution in [3.8, 4) is 23.1 Å². The van der Waals surface area contributed by atoms with Crippen molar-refractivity contribution in [1.82, 2.24) is 10.3 Å². The van der Waals surface area contributed by atoms with E-state index in [2.05, 4.69) is 17.2 Å². The van der Waals surface area contributed by atoms with Gasteiger partial charge in [-0.25, -0.2) is 4.98 Å². The first-order chi connectivity index (χ1) is 14.9. The molecule has 5 rings (SSSR count). The fraction of sp³-hybridized carbons (Fsp3) is 0.261. The fourth-order valence-corrected chi connectivity index (χ4v) is 4.94. The molecule has 1 fully saturated rings. The number of hydrogen-bond donors (Lipinski definition) is 1. The van der Waals surface area contributed by atoms with Gasteiger partial charge in [0.15, 0.2) is 0 Å². The van der Waals surface area contributed by atoms with Crippen molar-refractivity contribution in [3.63, 3.8) is 0 Å². The SMILES string of the molecule is CC12CCNCC1Oc1ccc(OS(=O)(=O)c3ccc(Oc4ccccc4)nc3)cc12. The molecule has 3 aromatic rings. The number of piperidine rings is 1. The lowest BCUT2D eigenvalue weighted by atomic mass is 9.74. The number of nitrogens with one attached hydrogen (secondary N) is 1. The molecule has 0 saturated carbocycles. The second kappa shape index (κ2) is 7.55. The van der Waals surface area contributed by atoms with Gasteiger partial charge in [0, 0.05) is 23.6 Å². The zero-order chi connectivity index (χ0) is 21.5. The molecule has 2 aliphatic rings. The Kier molecular flexibility index (Phi) is 4.83. The summed E-state index contributed by atoms with van der Waals surface area (Å²) in [4.78, 5) is 4.05. The van der Waals surface area contributed by atoms with Crippen molar-refractivity contribution in [2.75, 3.05) is 13.1 Å². The predicted molar refractivity (Wildman–Crippen MR) is 114 cm³/mol. The van der Waals surface area contributed by atoms with Gasteiger partial charge in [0.2, 0.25) is 5.88 Å². The van der Waals surface area contributed by atoms with Crippen LogP contribution < -0.4 is 19.0 Å². The maximum absolute atomic E-state index is 12.8. The number of hydrogen-bond acceptors (Lipinski definition) is 7. The second-order valence-electron chi connectivity index (χ2n) is 7.92. The lowest BCUT2D eigenvalue weighted by Crippen LogP contribution is -2.49. The first kappa shape index (κ1) is 19.8. The quantitative estimate of drug-likeness (QED) is 0.609. The molecule has 8 heteroatoms. The molecular formula is C23H22N2O5S. The third kappa shape index (κ3) is 3.73. The molecule has 7 nitrogen and oxygen atoms in total. The molecule has 1 aromatic heterocycles. The van der Waals surface area contributed by atoms with Crippen molar-refractivity contribution in [1.29, 1.82) is 0 Å². The zero-order valence-electron chi connectivity index (χ0n) is 16.9. The highest BCUT2D eigenvalue weighted by Crippen LogP contribution is 2.47. The van der Waals surface area contributed by atoms with Gasteiger partial charge in [0.05, 0.1) is 6.20 Å². The first-order valence-electron chi connectivity index (χ1n) is 10.1. The molecule has 2 atom stereocenters. The van der Waals surface area contributed by atoms with Gasteiger partial charge in [-0.3, -0.25) is 0 Å². The van der Waals surface area contributed by atoms with Crippen molar-refractivity contribution in [2.24, 2.45) is 0 Å². The first-order valence-corrected chi connectivity index (χ1v) is 11.5. The number of nitrogens with zero attached hydrogens (tertiary/aromatic N) is 1. The van der Waals surface area contributed by atoms with E-state index in [0.29, 0.717) is 11.6 Å². The highest BCUT2D eigenvalue weighted by molar-refractivity contribution is 7.87. The number of para-hydroxylation sites is 1. The van der Waals surface area contributed by atoms with Gasteiger partial charge in [-0.1, -0.05) is 25.1 Å². The number of ether oxygens (including phenoxy) is 2. The molecular weight excluding hydrogens is 416 g/mol. The monoisotopic (exact) mass is 438 g/mol. The van der Waals surface area contributed by atoms with E-state index in [9.17, 15) is 8.42 Å². The van der Waals surface area contributed by atoms with Crippen molar-refractivity contribution >= 4 is 10.1 Å². The van der Waals surface area contributed by atoms with Crippen LogP contribution in [0.25, 0.3) is 0 Å². The van der Waals surface area contributed by atoms with E-state index in [1.54, 1.807) is 30.3 Å². The van der Waals surface area contributed by atoms with Crippen LogP contribution in [0.4, 0.5) is 0 Å². The van der Waals surface area contributed by atoms with Gasteiger partial charge in [-0.05, 0) is 49.4 Å². The van der Waals surface area contributed by atoms with Crippen molar-refractivity contribution in [2.45, 2.75) is 29.8 Å². The van der Waals surface area contributed by atoms with E-state index in [0.717, 1.165) is 30.8 Å². The topological polar surface area (TPSA) is 86.8 Å². The van der Waals surface area contributed by atoms with E-state index in [1.807, 2.05) is 18.2 Å². The van der Waals surface area contributed by atoms with Crippen molar-refractivity contribution in [3.05, 3.63) is 72.4 Å². The Balaban J connectivity index is 1.35. The molecule has 0 bridgehead atoms. The summed E-state index contributed by atoms with van der Waals surface area (Å²) < 4.78 is 42.7. The summed E-state index contributed by atoms with van der Waals surface area (Å²) in [5.41, 5.74) is 0.818. The number of fused-ring (bicyclic) bond motifs is 3. The molecule has 0 amide bonds. The Morgan fingerprint density at radius 3 is 2.71 bits per heavy atom. The Bertz CT molecular complexity index is 1200. The maximum atomic E-state index is 12.8. The van der Waals surface area contributed by atoms with Crippen LogP contribution in [0.15, 0.2) is 71.8 Å². The predicted octanol–water partition coefficient (Wildman–Crippen LogP) is 3.65. The van der Waals surface area contributed by atoms with Crippen LogP contribution in [0.2, 0.25) is 0 Å². The summed E-state index contributed by atoms with van der Waals surface area (Å²) in [6.07, 6.45) is 2.17. The summed E-state index contributed by atoms with van der Waals surface area (Å²) in [6.45, 7) is 3.81. The van der Waals surface area contributed by atoms with Crippen LogP contribution in [0, 0.1) is 0 Å². The number of aromatic nitrogens is 1. The summed E-state index contributed by atoms with van der Waals surface area (Å²) in [7, 11) is -4.04. The largest absolute Gasteiger partial charge is 0.488 e. The number of pyridine rings is 1. The van der Waals surface area contributed by atoms with Crippen LogP contribution in [-0.4, -0.2) is 32.6 Å². The minimum atomic E-state index is -4.04. The maximum Gasteiger partial charge on any atom is 0.340 e. The third-order valence-electron chi connectivity index (χ3n) is 5.87. The molecule has 1 saturated heterocycles. The minimum Gasteiger partial charge on any atom is -0.488 e. The Labute approximate surface area is 181 Å². The average molecular weight is 439 g/mol. The number of benzene rings is 2. The normalized spacial score (nSPS) is 22.2. The smallest absolute Gasteiger partial charge is 0.340 e. The lowest BCUT2D eigenvalue weighted by Gasteiger charge is -2.35. The van der Waals surface area contributed by atoms with Crippen LogP contribution in [-0.2, 0) is 15.5 Å². The van der Waals surface area contributed by atoms with Gasteiger partial charge >= 0.3 is 10.1 Å². The molecule has 0 aliphatic carbocycles. The second-order valence-corrected chi connectivity index (χ2v) is 9.47. The Hall–Kier alpha value is -3.10. The van der Waals surface area contributed by atoms with Crippen LogP contribution in [0.1, 0.15) is 18.9 Å². The summed E-state index contributed by atoms with van der Waals surface area (Å²) in [5, 5.41) is 3.34. The lowest BCUT2D eigenvalue weighted by molar-refractivity contribution is 0.124. The molecule has 2 unspecified atom stereocenters. The molecule has 2 aliphatic heterocycles. The van der Waals surface area contributed by atoms with Crippen LogP contribution in [0.5, 0.6) is 23.1 Å². The Morgan fingerprint density at radius 1 is 1.10 bits per heavy atom. The zero-order valence-corrected chi connectivity index (χ0v) is 17.8. The van der Waals surface area contributed by atoms with Gasteiger partial charge in [0.25, 0.3) is 0 Å². The van der Waals surface area contributed by atoms with Crippen molar-refractivity contribution < 1.29 is 22.1 Å². The van der Waals surface area contributed by atoms with Crippen LogP contribution in [0.3, 0.4) is 0 Å². The van der Waals surface area contributed by atoms with Gasteiger partial charge in [-0.15, -0.1) is 0 Å². The van der Waals surface area contributed by atoms with E-state index in [-0.39, 0.29) is 22.2 Å². The highest BCUT2D eigenvalue weighted by atomic mass is 32.2. The molecule has 2 aromatic carbocycles. The molecule has 3 heterocycles. The van der Waals surface area contributed by atoms with E-state index in [4.69, 9.17) is 13.7 Å². The molecule has 31 heavy (non-hydrogen) atoms. The molecule has 1 N–H and O–H groups in total. The van der Waals surface area contributed by atoms with Gasteiger partial charge < -0.3 is 19.0 Å². The van der Waals surface area contributed by atoms with E-state index < -0.39 is 10.1 Å². The van der Waals surface area contributed by atoms with Crippen LogP contribution >= 0.6 is 0 Å².